The Balaban J connectivity index is 1.65. The fourth-order valence-electron chi connectivity index (χ4n) is 4.17. The number of aliphatic imine (C=N–C) groups is 1. The highest BCUT2D eigenvalue weighted by Gasteiger charge is 2.42. The predicted octanol–water partition coefficient (Wildman–Crippen LogP) is 2.39. The molecule has 1 aliphatic carbocycles. The minimum Gasteiger partial charge on any atom is -0.381 e. The average Bonchev–Trinajstić information content (AvgIpc) is 2.70. The molecule has 7 heteroatoms. The molecule has 1 aromatic rings. The van der Waals surface area contributed by atoms with E-state index in [0.717, 1.165) is 6.42 Å². The zero-order valence-corrected chi connectivity index (χ0v) is 18.1. The molecule has 156 valence electrons. The van der Waals surface area contributed by atoms with Gasteiger partial charge < -0.3 is 15.4 Å². The van der Waals surface area contributed by atoms with Crippen LogP contribution in [0, 0.1) is 0 Å². The molecular formula is C21H33N3O3S. The van der Waals surface area contributed by atoms with E-state index in [1.165, 1.54) is 42.2 Å². The summed E-state index contributed by atoms with van der Waals surface area (Å²) in [5, 5.41) is 6.66. The monoisotopic (exact) mass is 407 g/mol. The Morgan fingerprint density at radius 1 is 1.21 bits per heavy atom. The highest BCUT2D eigenvalue weighted by Crippen LogP contribution is 2.29. The Morgan fingerprint density at radius 2 is 1.89 bits per heavy atom. The van der Waals surface area contributed by atoms with Gasteiger partial charge in [0.2, 0.25) is 0 Å². The fourth-order valence-corrected chi connectivity index (χ4v) is 5.42. The van der Waals surface area contributed by atoms with E-state index in [2.05, 4.69) is 40.7 Å². The van der Waals surface area contributed by atoms with Crippen molar-refractivity contribution in [3.63, 3.8) is 0 Å². The van der Waals surface area contributed by atoms with E-state index in [4.69, 9.17) is 4.74 Å². The van der Waals surface area contributed by atoms with Crippen LogP contribution in [0.3, 0.4) is 0 Å². The number of guanidine groups is 1. The van der Waals surface area contributed by atoms with Crippen LogP contribution < -0.4 is 10.6 Å². The second kappa shape index (κ2) is 8.82. The summed E-state index contributed by atoms with van der Waals surface area (Å²) in [6.07, 6.45) is 7.22. The molecule has 1 aliphatic heterocycles. The first-order chi connectivity index (χ1) is 13.3. The van der Waals surface area contributed by atoms with Gasteiger partial charge in [0, 0.05) is 33.1 Å². The molecule has 1 fully saturated rings. The van der Waals surface area contributed by atoms with Crippen molar-refractivity contribution < 1.29 is 13.2 Å². The molecule has 28 heavy (non-hydrogen) atoms. The third-order valence-corrected chi connectivity index (χ3v) is 8.34. The molecule has 2 aliphatic rings. The maximum absolute atomic E-state index is 12.4. The van der Waals surface area contributed by atoms with Crippen LogP contribution in [-0.4, -0.2) is 52.2 Å². The van der Waals surface area contributed by atoms with Crippen LogP contribution in [0.4, 0.5) is 0 Å². The Kier molecular flexibility index (Phi) is 6.65. The van der Waals surface area contributed by atoms with Gasteiger partial charge in [0.1, 0.15) is 0 Å². The summed E-state index contributed by atoms with van der Waals surface area (Å²) < 4.78 is 29.5. The van der Waals surface area contributed by atoms with E-state index >= 15 is 0 Å². The number of nitrogens with zero attached hydrogens (tertiary/aromatic N) is 1. The van der Waals surface area contributed by atoms with E-state index in [1.54, 1.807) is 7.05 Å². The molecule has 1 unspecified atom stereocenters. The van der Waals surface area contributed by atoms with Gasteiger partial charge in [-0.05, 0) is 62.1 Å². The Bertz CT molecular complexity index is 814. The zero-order valence-electron chi connectivity index (χ0n) is 17.3. The average molecular weight is 408 g/mol. The molecule has 1 aromatic carbocycles. The first-order valence-electron chi connectivity index (χ1n) is 10.2. The number of hydrogen-bond donors (Lipinski definition) is 2. The van der Waals surface area contributed by atoms with Crippen molar-refractivity contribution in [2.24, 2.45) is 4.99 Å². The van der Waals surface area contributed by atoms with E-state index in [0.29, 0.717) is 38.6 Å². The van der Waals surface area contributed by atoms with Crippen molar-refractivity contribution in [2.45, 2.75) is 56.2 Å². The normalized spacial score (nSPS) is 20.9. The Labute approximate surface area is 169 Å². The first kappa shape index (κ1) is 21.1. The van der Waals surface area contributed by atoms with E-state index in [-0.39, 0.29) is 6.04 Å². The van der Waals surface area contributed by atoms with Gasteiger partial charge in [-0.2, -0.15) is 0 Å². The predicted molar refractivity (Wildman–Crippen MR) is 114 cm³/mol. The van der Waals surface area contributed by atoms with Crippen molar-refractivity contribution in [3.8, 4) is 0 Å². The van der Waals surface area contributed by atoms with Crippen LogP contribution in [0.5, 0.6) is 0 Å². The Morgan fingerprint density at radius 3 is 2.54 bits per heavy atom. The fraction of sp³-hybridized carbons (Fsp3) is 0.667. The first-order valence-corrected chi connectivity index (χ1v) is 12.1. The lowest BCUT2D eigenvalue weighted by Gasteiger charge is -2.36. The van der Waals surface area contributed by atoms with Gasteiger partial charge in [0.25, 0.3) is 0 Å². The molecule has 0 bridgehead atoms. The molecule has 0 spiro atoms. The van der Waals surface area contributed by atoms with E-state index < -0.39 is 14.6 Å². The van der Waals surface area contributed by atoms with Crippen molar-refractivity contribution >= 4 is 15.8 Å². The maximum Gasteiger partial charge on any atom is 0.191 e. The number of sulfone groups is 1. The van der Waals surface area contributed by atoms with Crippen molar-refractivity contribution in [1.82, 2.24) is 10.6 Å². The molecule has 3 rings (SSSR count). The molecule has 1 heterocycles. The second-order valence-corrected chi connectivity index (χ2v) is 10.5. The van der Waals surface area contributed by atoms with E-state index in [9.17, 15) is 8.42 Å². The Hall–Kier alpha value is -1.60. The summed E-state index contributed by atoms with van der Waals surface area (Å²) in [4.78, 5) is 4.31. The summed E-state index contributed by atoms with van der Waals surface area (Å²) in [5.74, 6) is 0.625. The topological polar surface area (TPSA) is 79.8 Å². The standard InChI is InChI=1S/C21H33N3O3S/c1-16(18-9-8-17-6-4-5-7-19(17)14-18)24-20(22-2)23-15-21(28(3,25)26)10-12-27-13-11-21/h8-9,14,16H,4-7,10-13,15H2,1-3H3,(H2,22,23,24). The van der Waals surface area contributed by atoms with E-state index in [1.807, 2.05) is 0 Å². The molecule has 0 radical (unpaired) electrons. The van der Waals surface area contributed by atoms with Gasteiger partial charge in [-0.25, -0.2) is 8.42 Å². The lowest BCUT2D eigenvalue weighted by atomic mass is 9.89. The number of rotatable bonds is 5. The smallest absolute Gasteiger partial charge is 0.191 e. The number of ether oxygens (including phenoxy) is 1. The second-order valence-electron chi connectivity index (χ2n) is 8.09. The van der Waals surface area contributed by atoms with Crippen molar-refractivity contribution in [2.75, 3.05) is 33.1 Å². The summed E-state index contributed by atoms with van der Waals surface area (Å²) in [6.45, 7) is 3.41. The summed E-state index contributed by atoms with van der Waals surface area (Å²) in [6, 6.07) is 6.82. The van der Waals surface area contributed by atoms with Crippen LogP contribution >= 0.6 is 0 Å². The quantitative estimate of drug-likeness (QED) is 0.579. The SMILES string of the molecule is CN=C(NCC1(S(C)(=O)=O)CCOCC1)NC(C)c1ccc2c(c1)CCCC2. The minimum atomic E-state index is -3.21. The third-order valence-electron chi connectivity index (χ3n) is 6.22. The number of hydrogen-bond acceptors (Lipinski definition) is 4. The number of benzene rings is 1. The molecule has 6 nitrogen and oxygen atoms in total. The summed E-state index contributed by atoms with van der Waals surface area (Å²) in [7, 11) is -1.49. The van der Waals surface area contributed by atoms with Crippen molar-refractivity contribution in [3.05, 3.63) is 34.9 Å². The maximum atomic E-state index is 12.4. The molecule has 1 saturated heterocycles. The molecule has 0 saturated carbocycles. The van der Waals surface area contributed by atoms with Gasteiger partial charge in [0.05, 0.1) is 10.8 Å². The number of fused-ring (bicyclic) bond motifs is 1. The lowest BCUT2D eigenvalue weighted by molar-refractivity contribution is 0.0756. The van der Waals surface area contributed by atoms with Crippen LogP contribution in [0.1, 0.15) is 55.3 Å². The van der Waals surface area contributed by atoms with Gasteiger partial charge in [-0.1, -0.05) is 18.2 Å². The lowest BCUT2D eigenvalue weighted by Crippen LogP contribution is -2.53. The van der Waals surface area contributed by atoms with Crippen molar-refractivity contribution in [1.29, 1.82) is 0 Å². The van der Waals surface area contributed by atoms with Gasteiger partial charge in [-0.15, -0.1) is 0 Å². The summed E-state index contributed by atoms with van der Waals surface area (Å²) >= 11 is 0. The number of nitrogens with one attached hydrogen (secondary N) is 2. The minimum absolute atomic E-state index is 0.0855. The van der Waals surface area contributed by atoms with Gasteiger partial charge >= 0.3 is 0 Å². The van der Waals surface area contributed by atoms with Crippen LogP contribution in [0.2, 0.25) is 0 Å². The zero-order chi connectivity index (χ0) is 20.2. The van der Waals surface area contributed by atoms with Crippen LogP contribution in [0.25, 0.3) is 0 Å². The van der Waals surface area contributed by atoms with Crippen LogP contribution in [0.15, 0.2) is 23.2 Å². The molecule has 1 atom stereocenters. The number of aryl methyl sites for hydroxylation is 2. The third kappa shape index (κ3) is 4.69. The molecule has 0 aromatic heterocycles. The largest absolute Gasteiger partial charge is 0.381 e. The highest BCUT2D eigenvalue weighted by atomic mass is 32.2. The van der Waals surface area contributed by atoms with Crippen LogP contribution in [-0.2, 0) is 27.4 Å². The molecule has 2 N–H and O–H groups in total. The van der Waals surface area contributed by atoms with Gasteiger partial charge in [0.15, 0.2) is 15.8 Å². The molecule has 0 amide bonds. The highest BCUT2D eigenvalue weighted by molar-refractivity contribution is 7.92. The summed E-state index contributed by atoms with van der Waals surface area (Å²) in [5.41, 5.74) is 4.16. The van der Waals surface area contributed by atoms with Gasteiger partial charge in [-0.3, -0.25) is 4.99 Å². The molecular weight excluding hydrogens is 374 g/mol.